The number of carbonyl (C=O) groups is 1. The lowest BCUT2D eigenvalue weighted by atomic mass is 10.0. The molecule has 8 heteroatoms. The number of rotatable bonds is 5. The molecule has 23 heavy (non-hydrogen) atoms. The molecule has 0 saturated heterocycles. The van der Waals surface area contributed by atoms with Crippen LogP contribution in [0.4, 0.5) is 11.9 Å². The average Bonchev–Trinajstić information content (AvgIpc) is 2.47. The predicted molar refractivity (Wildman–Crippen MR) is 91.8 cm³/mol. The maximum absolute atomic E-state index is 12.1. The normalized spacial score (nSPS) is 12.0. The number of aromatic nitrogens is 3. The van der Waals surface area contributed by atoms with E-state index in [-0.39, 0.29) is 29.6 Å². The Morgan fingerprint density at radius 2 is 1.83 bits per heavy atom. The molecule has 0 unspecified atom stereocenters. The van der Waals surface area contributed by atoms with Crippen LogP contribution in [0.3, 0.4) is 0 Å². The standard InChI is InChI=1S/C15H20N6OS/c1-8-4-5-11(6-9(8)2)10(3)18-12(22)7-23-15-20-13(16)19-14(17)21-15/h4-6,10H,7H2,1-3H3,(H,18,22)(H4,16,17,19,20,21)/t10-/m0/s1. The average molecular weight is 332 g/mol. The highest BCUT2D eigenvalue weighted by Crippen LogP contribution is 2.18. The molecule has 5 N–H and O–H groups in total. The molecular weight excluding hydrogens is 312 g/mol. The van der Waals surface area contributed by atoms with Crippen molar-refractivity contribution in [2.45, 2.75) is 32.0 Å². The van der Waals surface area contributed by atoms with Gasteiger partial charge in [0, 0.05) is 0 Å². The SMILES string of the molecule is Cc1ccc([C@H](C)NC(=O)CSc2nc(N)nc(N)n2)cc1C. The van der Waals surface area contributed by atoms with E-state index in [2.05, 4.69) is 46.2 Å². The Kier molecular flexibility index (Phi) is 5.38. The van der Waals surface area contributed by atoms with Crippen LogP contribution in [0.25, 0.3) is 0 Å². The molecule has 1 heterocycles. The van der Waals surface area contributed by atoms with Gasteiger partial charge in [-0.3, -0.25) is 4.79 Å². The second-order valence-corrected chi connectivity index (χ2v) is 6.20. The Morgan fingerprint density at radius 3 is 2.43 bits per heavy atom. The van der Waals surface area contributed by atoms with Gasteiger partial charge < -0.3 is 16.8 Å². The fraction of sp³-hybridized carbons (Fsp3) is 0.333. The quantitative estimate of drug-likeness (QED) is 0.712. The van der Waals surface area contributed by atoms with E-state index in [1.807, 2.05) is 13.0 Å². The van der Waals surface area contributed by atoms with Crippen LogP contribution in [-0.4, -0.2) is 26.6 Å². The molecular formula is C15H20N6OS. The van der Waals surface area contributed by atoms with Crippen molar-refractivity contribution >= 4 is 29.6 Å². The number of amides is 1. The van der Waals surface area contributed by atoms with Gasteiger partial charge in [0.05, 0.1) is 11.8 Å². The summed E-state index contributed by atoms with van der Waals surface area (Å²) in [5.41, 5.74) is 14.5. The van der Waals surface area contributed by atoms with E-state index in [1.54, 1.807) is 0 Å². The first-order valence-corrected chi connectivity index (χ1v) is 8.10. The number of aryl methyl sites for hydroxylation is 2. The predicted octanol–water partition coefficient (Wildman–Crippen LogP) is 1.62. The molecule has 0 spiro atoms. The lowest BCUT2D eigenvalue weighted by molar-refractivity contribution is -0.119. The Labute approximate surface area is 139 Å². The summed E-state index contributed by atoms with van der Waals surface area (Å²) in [7, 11) is 0. The fourth-order valence-electron chi connectivity index (χ4n) is 1.98. The van der Waals surface area contributed by atoms with Crippen molar-refractivity contribution in [1.82, 2.24) is 20.3 Å². The van der Waals surface area contributed by atoms with E-state index in [1.165, 1.54) is 22.9 Å². The third kappa shape index (κ3) is 4.82. The van der Waals surface area contributed by atoms with Gasteiger partial charge in [-0.15, -0.1) is 0 Å². The van der Waals surface area contributed by atoms with Crippen LogP contribution in [-0.2, 0) is 4.79 Å². The molecule has 1 atom stereocenters. The molecule has 1 amide bonds. The zero-order chi connectivity index (χ0) is 17.0. The summed E-state index contributed by atoms with van der Waals surface area (Å²) in [4.78, 5) is 23.6. The molecule has 0 saturated carbocycles. The van der Waals surface area contributed by atoms with E-state index < -0.39 is 0 Å². The number of nitrogens with one attached hydrogen (secondary N) is 1. The van der Waals surface area contributed by atoms with Crippen molar-refractivity contribution in [1.29, 1.82) is 0 Å². The summed E-state index contributed by atoms with van der Waals surface area (Å²) in [5.74, 6) is 0.157. The van der Waals surface area contributed by atoms with Crippen LogP contribution in [0.1, 0.15) is 29.7 Å². The van der Waals surface area contributed by atoms with Crippen molar-refractivity contribution in [3.63, 3.8) is 0 Å². The number of carbonyl (C=O) groups excluding carboxylic acids is 1. The van der Waals surface area contributed by atoms with E-state index in [0.29, 0.717) is 5.16 Å². The van der Waals surface area contributed by atoms with Crippen molar-refractivity contribution in [2.75, 3.05) is 17.2 Å². The van der Waals surface area contributed by atoms with Gasteiger partial charge in [0.15, 0.2) is 5.16 Å². The minimum Gasteiger partial charge on any atom is -0.368 e. The lowest BCUT2D eigenvalue weighted by Gasteiger charge is -2.15. The van der Waals surface area contributed by atoms with Crippen LogP contribution in [0.5, 0.6) is 0 Å². The number of anilines is 2. The van der Waals surface area contributed by atoms with Crippen molar-refractivity contribution in [2.24, 2.45) is 0 Å². The number of nitrogen functional groups attached to an aromatic ring is 2. The smallest absolute Gasteiger partial charge is 0.230 e. The maximum Gasteiger partial charge on any atom is 0.230 e. The number of thioether (sulfide) groups is 1. The summed E-state index contributed by atoms with van der Waals surface area (Å²) >= 11 is 1.17. The second-order valence-electron chi connectivity index (χ2n) is 5.26. The molecule has 1 aromatic carbocycles. The Morgan fingerprint density at radius 1 is 1.17 bits per heavy atom. The third-order valence-corrected chi connectivity index (χ3v) is 4.24. The first-order chi connectivity index (χ1) is 10.8. The monoisotopic (exact) mass is 332 g/mol. The van der Waals surface area contributed by atoms with E-state index in [0.717, 1.165) is 5.56 Å². The molecule has 0 bridgehead atoms. The van der Waals surface area contributed by atoms with Gasteiger partial charge in [-0.2, -0.15) is 15.0 Å². The van der Waals surface area contributed by atoms with Crippen molar-refractivity contribution in [3.8, 4) is 0 Å². The molecule has 0 aliphatic carbocycles. The Bertz CT molecular complexity index is 701. The van der Waals surface area contributed by atoms with Crippen molar-refractivity contribution < 1.29 is 4.79 Å². The maximum atomic E-state index is 12.1. The molecule has 122 valence electrons. The highest BCUT2D eigenvalue weighted by molar-refractivity contribution is 7.99. The molecule has 0 radical (unpaired) electrons. The second kappa shape index (κ2) is 7.28. The Balaban J connectivity index is 1.92. The third-order valence-electron chi connectivity index (χ3n) is 3.39. The van der Waals surface area contributed by atoms with Gasteiger partial charge in [0.2, 0.25) is 17.8 Å². The van der Waals surface area contributed by atoms with Crippen LogP contribution >= 0.6 is 11.8 Å². The largest absolute Gasteiger partial charge is 0.368 e. The number of nitrogens with two attached hydrogens (primary N) is 2. The van der Waals surface area contributed by atoms with Gasteiger partial charge >= 0.3 is 0 Å². The molecule has 0 aliphatic heterocycles. The summed E-state index contributed by atoms with van der Waals surface area (Å²) in [6, 6.07) is 6.09. The lowest BCUT2D eigenvalue weighted by Crippen LogP contribution is -2.28. The van der Waals surface area contributed by atoms with Gasteiger partial charge in [-0.05, 0) is 37.5 Å². The van der Waals surface area contributed by atoms with E-state index >= 15 is 0 Å². The molecule has 7 nitrogen and oxygen atoms in total. The fourth-order valence-corrected chi connectivity index (χ4v) is 2.64. The summed E-state index contributed by atoms with van der Waals surface area (Å²) in [6.45, 7) is 6.07. The summed E-state index contributed by atoms with van der Waals surface area (Å²) < 4.78 is 0. The van der Waals surface area contributed by atoms with Crippen molar-refractivity contribution in [3.05, 3.63) is 34.9 Å². The Hall–Kier alpha value is -2.35. The van der Waals surface area contributed by atoms with Crippen LogP contribution in [0, 0.1) is 13.8 Å². The topological polar surface area (TPSA) is 120 Å². The van der Waals surface area contributed by atoms with Gasteiger partial charge in [0.1, 0.15) is 0 Å². The van der Waals surface area contributed by atoms with Crippen LogP contribution < -0.4 is 16.8 Å². The summed E-state index contributed by atoms with van der Waals surface area (Å²) in [5, 5.41) is 3.29. The molecule has 0 fully saturated rings. The van der Waals surface area contributed by atoms with Gasteiger partial charge in [-0.25, -0.2) is 0 Å². The van der Waals surface area contributed by atoms with Gasteiger partial charge in [0.25, 0.3) is 0 Å². The van der Waals surface area contributed by atoms with E-state index in [4.69, 9.17) is 11.5 Å². The van der Waals surface area contributed by atoms with E-state index in [9.17, 15) is 4.79 Å². The van der Waals surface area contributed by atoms with Gasteiger partial charge in [-0.1, -0.05) is 30.0 Å². The zero-order valence-electron chi connectivity index (χ0n) is 13.3. The number of hydrogen-bond donors (Lipinski definition) is 3. The van der Waals surface area contributed by atoms with Crippen LogP contribution in [0.15, 0.2) is 23.4 Å². The number of benzene rings is 1. The molecule has 2 aromatic rings. The first kappa shape index (κ1) is 17.0. The molecule has 0 aliphatic rings. The number of hydrogen-bond acceptors (Lipinski definition) is 7. The minimum atomic E-state index is -0.113. The van der Waals surface area contributed by atoms with Crippen LogP contribution in [0.2, 0.25) is 0 Å². The highest BCUT2D eigenvalue weighted by atomic mass is 32.2. The molecule has 2 rings (SSSR count). The summed E-state index contributed by atoms with van der Waals surface area (Å²) in [6.07, 6.45) is 0. The zero-order valence-corrected chi connectivity index (χ0v) is 14.1. The number of nitrogens with zero attached hydrogens (tertiary/aromatic N) is 3. The highest BCUT2D eigenvalue weighted by Gasteiger charge is 2.12. The molecule has 1 aromatic heterocycles. The minimum absolute atomic E-state index is 0.0453. The first-order valence-electron chi connectivity index (χ1n) is 7.11.